The molecule has 0 saturated carbocycles. The molecule has 0 atom stereocenters. The van der Waals surface area contributed by atoms with Gasteiger partial charge in [0.25, 0.3) is 0 Å². The minimum Gasteiger partial charge on any atom is -0.362 e. The quantitative estimate of drug-likeness (QED) is 0.863. The molecule has 2 nitrogen and oxygen atoms in total. The van der Waals surface area contributed by atoms with Crippen molar-refractivity contribution in [2.45, 2.75) is 20.3 Å². The number of thiazole rings is 1. The summed E-state index contributed by atoms with van der Waals surface area (Å²) in [6.45, 7) is 5.24. The van der Waals surface area contributed by atoms with E-state index >= 15 is 0 Å². The highest BCUT2D eigenvalue weighted by atomic mass is 32.1. The Kier molecular flexibility index (Phi) is 3.57. The second-order valence-electron chi connectivity index (χ2n) is 3.83. The summed E-state index contributed by atoms with van der Waals surface area (Å²) in [5.74, 6) is 0. The minimum atomic E-state index is 0.987. The molecule has 84 valence electrons. The lowest BCUT2D eigenvalue weighted by Crippen LogP contribution is -1.98. The fraction of sp³-hybridized carbons (Fsp3) is 0.308. The van der Waals surface area contributed by atoms with E-state index in [1.807, 2.05) is 0 Å². The first-order chi connectivity index (χ1) is 7.79. The molecule has 0 aliphatic rings. The number of nitrogens with one attached hydrogen (secondary N) is 1. The maximum Gasteiger partial charge on any atom is 0.183 e. The van der Waals surface area contributed by atoms with E-state index in [1.54, 1.807) is 11.3 Å². The van der Waals surface area contributed by atoms with Crippen molar-refractivity contribution in [2.75, 3.05) is 11.9 Å². The van der Waals surface area contributed by atoms with Crippen LogP contribution >= 0.6 is 11.3 Å². The molecule has 2 aromatic rings. The van der Waals surface area contributed by atoms with Crippen LogP contribution in [-0.2, 0) is 0 Å². The third-order valence-corrected chi connectivity index (χ3v) is 3.14. The lowest BCUT2D eigenvalue weighted by atomic mass is 10.1. The van der Waals surface area contributed by atoms with Gasteiger partial charge in [-0.3, -0.25) is 0 Å². The summed E-state index contributed by atoms with van der Waals surface area (Å²) in [4.78, 5) is 4.57. The topological polar surface area (TPSA) is 24.9 Å². The second-order valence-corrected chi connectivity index (χ2v) is 4.69. The Morgan fingerprint density at radius 1 is 1.38 bits per heavy atom. The van der Waals surface area contributed by atoms with Crippen LogP contribution in [0.3, 0.4) is 0 Å². The Bertz CT molecular complexity index is 462. The summed E-state index contributed by atoms with van der Waals surface area (Å²) in [7, 11) is 0. The van der Waals surface area contributed by atoms with Crippen LogP contribution in [0, 0.1) is 6.92 Å². The maximum atomic E-state index is 4.57. The number of rotatable bonds is 4. The van der Waals surface area contributed by atoms with Gasteiger partial charge in [-0.15, -0.1) is 11.3 Å². The lowest BCUT2D eigenvalue weighted by Gasteiger charge is -1.99. The first kappa shape index (κ1) is 11.1. The predicted molar refractivity (Wildman–Crippen MR) is 71.1 cm³/mol. The molecular formula is C13H16N2S. The van der Waals surface area contributed by atoms with Crippen molar-refractivity contribution in [3.63, 3.8) is 0 Å². The summed E-state index contributed by atoms with van der Waals surface area (Å²) in [5, 5.41) is 6.42. The highest BCUT2D eigenvalue weighted by Crippen LogP contribution is 2.25. The van der Waals surface area contributed by atoms with Crippen LogP contribution in [-0.4, -0.2) is 11.5 Å². The van der Waals surface area contributed by atoms with Gasteiger partial charge in [0.15, 0.2) is 5.13 Å². The monoisotopic (exact) mass is 232 g/mol. The average molecular weight is 232 g/mol. The second kappa shape index (κ2) is 5.12. The van der Waals surface area contributed by atoms with Gasteiger partial charge in [-0.2, -0.15) is 0 Å². The molecule has 0 amide bonds. The number of hydrogen-bond donors (Lipinski definition) is 1. The molecule has 0 bridgehead atoms. The first-order valence-corrected chi connectivity index (χ1v) is 6.44. The van der Waals surface area contributed by atoms with Gasteiger partial charge in [0.2, 0.25) is 0 Å². The van der Waals surface area contributed by atoms with Crippen molar-refractivity contribution in [2.24, 2.45) is 0 Å². The van der Waals surface area contributed by atoms with Gasteiger partial charge >= 0.3 is 0 Å². The number of anilines is 1. The summed E-state index contributed by atoms with van der Waals surface area (Å²) in [5.41, 5.74) is 3.53. The molecule has 1 aromatic heterocycles. The molecule has 1 aromatic carbocycles. The van der Waals surface area contributed by atoms with Crippen molar-refractivity contribution in [1.82, 2.24) is 4.98 Å². The SMILES string of the molecule is CCCNc1nc(-c2cccc(C)c2)cs1. The summed E-state index contributed by atoms with van der Waals surface area (Å²) < 4.78 is 0. The standard InChI is InChI=1S/C13H16N2S/c1-3-7-14-13-15-12(9-16-13)11-6-4-5-10(2)8-11/h4-6,8-9H,3,7H2,1-2H3,(H,14,15). The van der Waals surface area contributed by atoms with Crippen molar-refractivity contribution >= 4 is 16.5 Å². The van der Waals surface area contributed by atoms with Gasteiger partial charge < -0.3 is 5.32 Å². The predicted octanol–water partition coefficient (Wildman–Crippen LogP) is 3.94. The van der Waals surface area contributed by atoms with Crippen LogP contribution in [0.1, 0.15) is 18.9 Å². The number of nitrogens with zero attached hydrogens (tertiary/aromatic N) is 1. The normalized spacial score (nSPS) is 10.4. The third-order valence-electron chi connectivity index (χ3n) is 2.34. The molecule has 3 heteroatoms. The molecule has 0 saturated heterocycles. The molecule has 0 radical (unpaired) electrons. The molecule has 16 heavy (non-hydrogen) atoms. The molecule has 1 N–H and O–H groups in total. The number of benzene rings is 1. The zero-order chi connectivity index (χ0) is 11.4. The van der Waals surface area contributed by atoms with E-state index in [4.69, 9.17) is 0 Å². The smallest absolute Gasteiger partial charge is 0.183 e. The summed E-state index contributed by atoms with van der Waals surface area (Å²) in [6.07, 6.45) is 1.12. The first-order valence-electron chi connectivity index (χ1n) is 5.56. The third kappa shape index (κ3) is 2.61. The van der Waals surface area contributed by atoms with Crippen molar-refractivity contribution < 1.29 is 0 Å². The van der Waals surface area contributed by atoms with Crippen molar-refractivity contribution in [3.05, 3.63) is 35.2 Å². The number of aromatic nitrogens is 1. The van der Waals surface area contributed by atoms with Crippen molar-refractivity contribution in [1.29, 1.82) is 0 Å². The maximum absolute atomic E-state index is 4.57. The summed E-state index contributed by atoms with van der Waals surface area (Å²) in [6, 6.07) is 8.44. The molecule has 0 aliphatic heterocycles. The fourth-order valence-corrected chi connectivity index (χ4v) is 2.27. The Labute approximate surface area is 100 Å². The Balaban J connectivity index is 2.18. The van der Waals surface area contributed by atoms with Crippen LogP contribution in [0.2, 0.25) is 0 Å². The summed E-state index contributed by atoms with van der Waals surface area (Å²) >= 11 is 1.67. The highest BCUT2D eigenvalue weighted by Gasteiger charge is 2.03. The Morgan fingerprint density at radius 3 is 3.00 bits per heavy atom. The van der Waals surface area contributed by atoms with E-state index in [1.165, 1.54) is 11.1 Å². The zero-order valence-corrected chi connectivity index (χ0v) is 10.5. The van der Waals surface area contributed by atoms with E-state index < -0.39 is 0 Å². The molecule has 0 unspecified atom stereocenters. The largest absolute Gasteiger partial charge is 0.362 e. The molecule has 0 spiro atoms. The molecule has 0 aliphatic carbocycles. The van der Waals surface area contributed by atoms with Gasteiger partial charge in [0.1, 0.15) is 0 Å². The van der Waals surface area contributed by atoms with Crippen LogP contribution in [0.4, 0.5) is 5.13 Å². The van der Waals surface area contributed by atoms with E-state index in [-0.39, 0.29) is 0 Å². The Morgan fingerprint density at radius 2 is 2.25 bits per heavy atom. The van der Waals surface area contributed by atoms with Gasteiger partial charge in [-0.25, -0.2) is 4.98 Å². The fourth-order valence-electron chi connectivity index (χ4n) is 1.52. The molecule has 2 rings (SSSR count). The van der Waals surface area contributed by atoms with Gasteiger partial charge in [-0.1, -0.05) is 30.7 Å². The van der Waals surface area contributed by atoms with Crippen LogP contribution < -0.4 is 5.32 Å². The lowest BCUT2D eigenvalue weighted by molar-refractivity contribution is 0.976. The molecular weight excluding hydrogens is 216 g/mol. The van der Waals surface area contributed by atoms with E-state index in [0.29, 0.717) is 0 Å². The molecule has 1 heterocycles. The van der Waals surface area contributed by atoms with E-state index in [9.17, 15) is 0 Å². The average Bonchev–Trinajstić information content (AvgIpc) is 2.75. The number of hydrogen-bond acceptors (Lipinski definition) is 3. The van der Waals surface area contributed by atoms with Crippen molar-refractivity contribution in [3.8, 4) is 11.3 Å². The van der Waals surface area contributed by atoms with Gasteiger partial charge in [-0.05, 0) is 19.4 Å². The van der Waals surface area contributed by atoms with Gasteiger partial charge in [0.05, 0.1) is 5.69 Å². The number of aryl methyl sites for hydroxylation is 1. The van der Waals surface area contributed by atoms with E-state index in [2.05, 4.69) is 53.8 Å². The van der Waals surface area contributed by atoms with Gasteiger partial charge in [0, 0.05) is 17.5 Å². The molecule has 0 fully saturated rings. The minimum absolute atomic E-state index is 0.987. The van der Waals surface area contributed by atoms with E-state index in [0.717, 1.165) is 23.8 Å². The highest BCUT2D eigenvalue weighted by molar-refractivity contribution is 7.14. The van der Waals surface area contributed by atoms with Crippen LogP contribution in [0.25, 0.3) is 11.3 Å². The zero-order valence-electron chi connectivity index (χ0n) is 9.66. The van der Waals surface area contributed by atoms with Crippen LogP contribution in [0.5, 0.6) is 0 Å². The Hall–Kier alpha value is -1.35. The van der Waals surface area contributed by atoms with Crippen LogP contribution in [0.15, 0.2) is 29.6 Å².